The van der Waals surface area contributed by atoms with Gasteiger partial charge in [-0.1, -0.05) is 0 Å². The second-order valence-corrected chi connectivity index (χ2v) is 3.32. The molecule has 0 bridgehead atoms. The van der Waals surface area contributed by atoms with E-state index in [-0.39, 0.29) is 5.43 Å². The molecule has 0 radical (unpaired) electrons. The van der Waals surface area contributed by atoms with E-state index in [0.29, 0.717) is 0 Å². The Kier molecular flexibility index (Phi) is 2.13. The predicted molar refractivity (Wildman–Crippen MR) is 49.3 cm³/mol. The number of halogens is 1. The molecule has 0 spiro atoms. The first kappa shape index (κ1) is 7.78. The highest BCUT2D eigenvalue weighted by Gasteiger charge is 1.99. The fraction of sp³-hybridized carbons (Fsp3) is 0.286. The van der Waals surface area contributed by atoms with Gasteiger partial charge in [-0.3, -0.25) is 4.79 Å². The Hall–Kier alpha value is -0.320. The van der Waals surface area contributed by atoms with Crippen LogP contribution in [0.3, 0.4) is 0 Å². The Morgan fingerprint density at radius 3 is 2.60 bits per heavy atom. The lowest BCUT2D eigenvalue weighted by Gasteiger charge is -1.96. The number of aryl methyl sites for hydroxylation is 1. The summed E-state index contributed by atoms with van der Waals surface area (Å²) in [6.45, 7) is 3.63. The molecule has 0 unspecified atom stereocenters. The third kappa shape index (κ3) is 1.23. The van der Waals surface area contributed by atoms with Crippen LogP contribution in [-0.2, 0) is 0 Å². The van der Waals surface area contributed by atoms with Crippen molar-refractivity contribution in [3.63, 3.8) is 0 Å². The molecule has 2 nitrogen and oxygen atoms in total. The largest absolute Gasteiger partial charge is 0.356 e. The molecule has 3 heteroatoms. The Balaban J connectivity index is 3.50. The second kappa shape index (κ2) is 2.74. The summed E-state index contributed by atoms with van der Waals surface area (Å²) < 4.78 is 0.924. The normalized spacial score (nSPS) is 9.90. The van der Waals surface area contributed by atoms with Crippen molar-refractivity contribution < 1.29 is 0 Å². The van der Waals surface area contributed by atoms with Crippen molar-refractivity contribution >= 4 is 22.6 Å². The van der Waals surface area contributed by atoms with Crippen LogP contribution in [0.2, 0.25) is 0 Å². The maximum absolute atomic E-state index is 11.2. The lowest BCUT2D eigenvalue weighted by molar-refractivity contribution is 1.14. The summed E-state index contributed by atoms with van der Waals surface area (Å²) in [5, 5.41) is 0. The minimum atomic E-state index is 0.142. The highest BCUT2D eigenvalue weighted by Crippen LogP contribution is 2.02. The van der Waals surface area contributed by atoms with Crippen LogP contribution < -0.4 is 5.43 Å². The predicted octanol–water partition coefficient (Wildman–Crippen LogP) is 1.60. The molecular weight excluding hydrogens is 241 g/mol. The van der Waals surface area contributed by atoms with E-state index in [2.05, 4.69) is 27.6 Å². The van der Waals surface area contributed by atoms with Crippen LogP contribution in [0.25, 0.3) is 0 Å². The molecule has 0 aliphatic rings. The van der Waals surface area contributed by atoms with Crippen LogP contribution in [0.15, 0.2) is 11.0 Å². The molecule has 0 atom stereocenters. The number of aromatic amines is 1. The molecule has 1 heterocycles. The summed E-state index contributed by atoms with van der Waals surface area (Å²) in [5.41, 5.74) is 1.72. The molecule has 0 fully saturated rings. The van der Waals surface area contributed by atoms with E-state index in [0.717, 1.165) is 14.8 Å². The van der Waals surface area contributed by atoms with Crippen LogP contribution in [0.1, 0.15) is 11.1 Å². The van der Waals surface area contributed by atoms with Crippen molar-refractivity contribution in [2.75, 3.05) is 0 Å². The van der Waals surface area contributed by atoms with E-state index in [1.54, 1.807) is 6.20 Å². The molecule has 0 aliphatic heterocycles. The SMILES string of the molecule is Cc1c[nH]c(I)c(C)c1=O. The van der Waals surface area contributed by atoms with E-state index in [9.17, 15) is 4.79 Å². The summed E-state index contributed by atoms with van der Waals surface area (Å²) in [4.78, 5) is 14.2. The Morgan fingerprint density at radius 1 is 1.50 bits per heavy atom. The summed E-state index contributed by atoms with van der Waals surface area (Å²) >= 11 is 2.11. The number of hydrogen-bond acceptors (Lipinski definition) is 1. The number of pyridine rings is 1. The molecular formula is C7H8INO. The fourth-order valence-electron chi connectivity index (χ4n) is 0.741. The van der Waals surface area contributed by atoms with E-state index < -0.39 is 0 Å². The first-order valence-electron chi connectivity index (χ1n) is 2.97. The molecule has 1 rings (SSSR count). The van der Waals surface area contributed by atoms with Gasteiger partial charge in [-0.15, -0.1) is 0 Å². The summed E-state index contributed by atoms with van der Waals surface area (Å²) in [6, 6.07) is 0. The van der Waals surface area contributed by atoms with Crippen molar-refractivity contribution in [2.45, 2.75) is 13.8 Å². The fourth-order valence-corrected chi connectivity index (χ4v) is 1.14. The molecule has 0 aliphatic carbocycles. The van der Waals surface area contributed by atoms with Gasteiger partial charge >= 0.3 is 0 Å². The summed E-state index contributed by atoms with van der Waals surface area (Å²) in [7, 11) is 0. The summed E-state index contributed by atoms with van der Waals surface area (Å²) in [5.74, 6) is 0. The van der Waals surface area contributed by atoms with Crippen molar-refractivity contribution in [3.8, 4) is 0 Å². The average Bonchev–Trinajstić information content (AvgIpc) is 1.93. The van der Waals surface area contributed by atoms with Gasteiger partial charge in [0.05, 0.1) is 3.70 Å². The number of aromatic nitrogens is 1. The van der Waals surface area contributed by atoms with Crippen LogP contribution in [0.4, 0.5) is 0 Å². The Morgan fingerprint density at radius 2 is 2.10 bits per heavy atom. The van der Waals surface area contributed by atoms with Crippen LogP contribution in [0, 0.1) is 17.5 Å². The zero-order valence-corrected chi connectivity index (χ0v) is 8.02. The van der Waals surface area contributed by atoms with Gasteiger partial charge in [-0.2, -0.15) is 0 Å². The minimum Gasteiger partial charge on any atom is -0.356 e. The third-order valence-electron chi connectivity index (χ3n) is 1.44. The lowest BCUT2D eigenvalue weighted by Crippen LogP contribution is -2.11. The molecule has 54 valence electrons. The van der Waals surface area contributed by atoms with Gasteiger partial charge in [-0.05, 0) is 36.4 Å². The van der Waals surface area contributed by atoms with Gasteiger partial charge in [0.25, 0.3) is 0 Å². The van der Waals surface area contributed by atoms with E-state index in [1.165, 1.54) is 0 Å². The lowest BCUT2D eigenvalue weighted by atomic mass is 10.2. The summed E-state index contributed by atoms with van der Waals surface area (Å²) in [6.07, 6.45) is 1.73. The van der Waals surface area contributed by atoms with Crippen LogP contribution in [0.5, 0.6) is 0 Å². The molecule has 10 heavy (non-hydrogen) atoms. The van der Waals surface area contributed by atoms with Gasteiger partial charge < -0.3 is 4.98 Å². The zero-order chi connectivity index (χ0) is 7.72. The average molecular weight is 249 g/mol. The maximum Gasteiger partial charge on any atom is 0.188 e. The van der Waals surface area contributed by atoms with Crippen molar-refractivity contribution in [1.29, 1.82) is 0 Å². The highest BCUT2D eigenvalue weighted by atomic mass is 127. The van der Waals surface area contributed by atoms with E-state index in [4.69, 9.17) is 0 Å². The number of hydrogen-bond donors (Lipinski definition) is 1. The van der Waals surface area contributed by atoms with Crippen LogP contribution in [-0.4, -0.2) is 4.98 Å². The van der Waals surface area contributed by atoms with Crippen LogP contribution >= 0.6 is 22.6 Å². The number of nitrogens with one attached hydrogen (secondary N) is 1. The second-order valence-electron chi connectivity index (χ2n) is 2.24. The van der Waals surface area contributed by atoms with E-state index >= 15 is 0 Å². The monoisotopic (exact) mass is 249 g/mol. The maximum atomic E-state index is 11.2. The molecule has 1 N–H and O–H groups in total. The first-order valence-corrected chi connectivity index (χ1v) is 4.05. The highest BCUT2D eigenvalue weighted by molar-refractivity contribution is 14.1. The molecule has 1 aromatic heterocycles. The van der Waals surface area contributed by atoms with Gasteiger partial charge in [0, 0.05) is 17.3 Å². The molecule has 1 aromatic rings. The van der Waals surface area contributed by atoms with Gasteiger partial charge in [0.1, 0.15) is 0 Å². The number of rotatable bonds is 0. The van der Waals surface area contributed by atoms with E-state index in [1.807, 2.05) is 13.8 Å². The number of H-pyrrole nitrogens is 1. The van der Waals surface area contributed by atoms with Crippen molar-refractivity contribution in [2.24, 2.45) is 0 Å². The van der Waals surface area contributed by atoms with Crippen molar-refractivity contribution in [3.05, 3.63) is 31.2 Å². The topological polar surface area (TPSA) is 32.9 Å². The van der Waals surface area contributed by atoms with Gasteiger partial charge in [0.15, 0.2) is 5.43 Å². The Bertz CT molecular complexity index is 303. The molecule has 0 amide bonds. The van der Waals surface area contributed by atoms with Gasteiger partial charge in [-0.25, -0.2) is 0 Å². The Labute approximate surface area is 72.8 Å². The zero-order valence-electron chi connectivity index (χ0n) is 5.86. The van der Waals surface area contributed by atoms with Gasteiger partial charge in [0.2, 0.25) is 0 Å². The quantitative estimate of drug-likeness (QED) is 0.549. The standard InChI is InChI=1S/C7H8INO/c1-4-3-9-7(8)5(2)6(4)10/h3H,1-2H3,(H,9,10). The molecule has 0 saturated heterocycles. The first-order chi connectivity index (χ1) is 4.63. The van der Waals surface area contributed by atoms with Crippen molar-refractivity contribution in [1.82, 2.24) is 4.98 Å². The molecule has 0 aromatic carbocycles. The third-order valence-corrected chi connectivity index (χ3v) is 2.56. The smallest absolute Gasteiger partial charge is 0.188 e. The molecule has 0 saturated carbocycles. The minimum absolute atomic E-state index is 0.142.